The summed E-state index contributed by atoms with van der Waals surface area (Å²) in [4.78, 5) is 13.2. The molecular weight excluding hydrogens is 346 g/mol. The summed E-state index contributed by atoms with van der Waals surface area (Å²) in [5, 5.41) is 4.86. The number of thiophene rings is 1. The van der Waals surface area contributed by atoms with E-state index in [0.29, 0.717) is 22.9 Å². The van der Waals surface area contributed by atoms with Crippen LogP contribution in [0.4, 0.5) is 5.69 Å². The standard InChI is InChI=1S/C21H21NO3S/c1-14-5-4-6-17(9-14)25-12-16-11-20(26-13-16)21(23)22-18-10-15(2)7-8-19(18)24-3/h4-11,13H,12H2,1-3H3,(H,22,23). The number of ether oxygens (including phenoxy) is 2. The fraction of sp³-hybridized carbons (Fsp3) is 0.190. The van der Waals surface area contributed by atoms with Crippen LogP contribution in [0.25, 0.3) is 0 Å². The average molecular weight is 367 g/mol. The smallest absolute Gasteiger partial charge is 0.265 e. The highest BCUT2D eigenvalue weighted by Gasteiger charge is 2.13. The highest BCUT2D eigenvalue weighted by atomic mass is 32.1. The first-order valence-corrected chi connectivity index (χ1v) is 9.16. The molecule has 1 aromatic heterocycles. The lowest BCUT2D eigenvalue weighted by Gasteiger charge is -2.10. The van der Waals surface area contributed by atoms with Crippen molar-refractivity contribution in [2.45, 2.75) is 20.5 Å². The van der Waals surface area contributed by atoms with Crippen LogP contribution in [0.15, 0.2) is 53.9 Å². The summed E-state index contributed by atoms with van der Waals surface area (Å²) in [5.41, 5.74) is 3.85. The number of nitrogens with one attached hydrogen (secondary N) is 1. The van der Waals surface area contributed by atoms with Gasteiger partial charge in [0.1, 0.15) is 18.1 Å². The SMILES string of the molecule is COc1ccc(C)cc1NC(=O)c1cc(COc2cccc(C)c2)cs1. The summed E-state index contributed by atoms with van der Waals surface area (Å²) in [7, 11) is 1.59. The van der Waals surface area contributed by atoms with E-state index in [9.17, 15) is 4.79 Å². The van der Waals surface area contributed by atoms with Gasteiger partial charge in [0.2, 0.25) is 0 Å². The Morgan fingerprint density at radius 3 is 2.65 bits per heavy atom. The minimum Gasteiger partial charge on any atom is -0.495 e. The predicted molar refractivity (Wildman–Crippen MR) is 106 cm³/mol. The van der Waals surface area contributed by atoms with Crippen molar-refractivity contribution < 1.29 is 14.3 Å². The van der Waals surface area contributed by atoms with E-state index in [4.69, 9.17) is 9.47 Å². The third-order valence-corrected chi connectivity index (χ3v) is 4.85. The molecule has 0 fully saturated rings. The fourth-order valence-electron chi connectivity index (χ4n) is 2.55. The Kier molecular flexibility index (Phi) is 5.58. The summed E-state index contributed by atoms with van der Waals surface area (Å²) < 4.78 is 11.1. The maximum Gasteiger partial charge on any atom is 0.265 e. The lowest BCUT2D eigenvalue weighted by Crippen LogP contribution is -2.11. The number of carbonyl (C=O) groups is 1. The molecule has 0 aliphatic carbocycles. The average Bonchev–Trinajstić information content (AvgIpc) is 3.09. The van der Waals surface area contributed by atoms with E-state index >= 15 is 0 Å². The molecule has 0 atom stereocenters. The highest BCUT2D eigenvalue weighted by Crippen LogP contribution is 2.27. The summed E-state index contributed by atoms with van der Waals surface area (Å²) in [6, 6.07) is 15.5. The van der Waals surface area contributed by atoms with Crippen molar-refractivity contribution in [1.82, 2.24) is 0 Å². The predicted octanol–water partition coefficient (Wildman–Crippen LogP) is 5.20. The van der Waals surface area contributed by atoms with E-state index < -0.39 is 0 Å². The molecule has 0 aliphatic heterocycles. The minimum atomic E-state index is -0.152. The summed E-state index contributed by atoms with van der Waals surface area (Å²) >= 11 is 1.40. The van der Waals surface area contributed by atoms with E-state index in [1.807, 2.05) is 67.8 Å². The summed E-state index contributed by atoms with van der Waals surface area (Å²) in [6.07, 6.45) is 0. The van der Waals surface area contributed by atoms with Gasteiger partial charge in [0, 0.05) is 5.56 Å². The van der Waals surface area contributed by atoms with Crippen LogP contribution in [0.1, 0.15) is 26.4 Å². The van der Waals surface area contributed by atoms with Gasteiger partial charge in [-0.3, -0.25) is 4.79 Å². The van der Waals surface area contributed by atoms with Gasteiger partial charge >= 0.3 is 0 Å². The zero-order valence-electron chi connectivity index (χ0n) is 15.0. The van der Waals surface area contributed by atoms with Crippen molar-refractivity contribution in [3.8, 4) is 11.5 Å². The molecule has 0 saturated heterocycles. The number of anilines is 1. The monoisotopic (exact) mass is 367 g/mol. The molecule has 134 valence electrons. The van der Waals surface area contributed by atoms with Crippen molar-refractivity contribution in [3.05, 3.63) is 75.5 Å². The molecule has 0 saturated carbocycles. The van der Waals surface area contributed by atoms with E-state index in [1.54, 1.807) is 7.11 Å². The Labute approximate surface area is 157 Å². The van der Waals surface area contributed by atoms with Crippen LogP contribution in [0.5, 0.6) is 11.5 Å². The van der Waals surface area contributed by atoms with Crippen LogP contribution < -0.4 is 14.8 Å². The summed E-state index contributed by atoms with van der Waals surface area (Å²) in [6.45, 7) is 4.43. The number of carbonyl (C=O) groups excluding carboxylic acids is 1. The molecule has 1 N–H and O–H groups in total. The Hall–Kier alpha value is -2.79. The number of amides is 1. The molecule has 1 heterocycles. The molecule has 2 aromatic carbocycles. The van der Waals surface area contributed by atoms with Crippen molar-refractivity contribution in [1.29, 1.82) is 0 Å². The van der Waals surface area contributed by atoms with Gasteiger partial charge in [-0.25, -0.2) is 0 Å². The summed E-state index contributed by atoms with van der Waals surface area (Å²) in [5.74, 6) is 1.32. The van der Waals surface area contributed by atoms with E-state index in [0.717, 1.165) is 22.4 Å². The molecule has 0 bridgehead atoms. The number of hydrogen-bond acceptors (Lipinski definition) is 4. The second-order valence-electron chi connectivity index (χ2n) is 6.08. The van der Waals surface area contributed by atoms with Crippen molar-refractivity contribution in [2.75, 3.05) is 12.4 Å². The maximum absolute atomic E-state index is 12.5. The Morgan fingerprint density at radius 2 is 1.88 bits per heavy atom. The van der Waals surface area contributed by atoms with Crippen LogP contribution in [0.2, 0.25) is 0 Å². The van der Waals surface area contributed by atoms with Crippen molar-refractivity contribution in [3.63, 3.8) is 0 Å². The number of methoxy groups -OCH3 is 1. The zero-order chi connectivity index (χ0) is 18.5. The minimum absolute atomic E-state index is 0.152. The van der Waals surface area contributed by atoms with Gasteiger partial charge in [0.15, 0.2) is 0 Å². The van der Waals surface area contributed by atoms with Gasteiger partial charge in [-0.05, 0) is 60.7 Å². The Bertz CT molecular complexity index is 917. The second-order valence-corrected chi connectivity index (χ2v) is 6.99. The molecule has 5 heteroatoms. The quantitative estimate of drug-likeness (QED) is 0.651. The Balaban J connectivity index is 1.65. The van der Waals surface area contributed by atoms with Crippen LogP contribution in [-0.4, -0.2) is 13.0 Å². The fourth-order valence-corrected chi connectivity index (χ4v) is 3.34. The molecule has 0 radical (unpaired) electrons. The van der Waals surface area contributed by atoms with Gasteiger partial charge in [-0.2, -0.15) is 0 Å². The molecule has 3 aromatic rings. The molecule has 0 unspecified atom stereocenters. The van der Waals surface area contributed by atoms with Gasteiger partial charge in [-0.15, -0.1) is 11.3 Å². The molecule has 0 aliphatic rings. The second kappa shape index (κ2) is 8.06. The largest absolute Gasteiger partial charge is 0.495 e. The molecule has 3 rings (SSSR count). The molecule has 0 spiro atoms. The van der Waals surface area contributed by atoms with E-state index in [-0.39, 0.29) is 5.91 Å². The maximum atomic E-state index is 12.5. The van der Waals surface area contributed by atoms with Crippen LogP contribution in [-0.2, 0) is 6.61 Å². The van der Waals surface area contributed by atoms with Crippen molar-refractivity contribution >= 4 is 22.9 Å². The number of hydrogen-bond donors (Lipinski definition) is 1. The number of rotatable bonds is 6. The third kappa shape index (κ3) is 4.43. The first kappa shape index (κ1) is 18.0. The van der Waals surface area contributed by atoms with Crippen LogP contribution >= 0.6 is 11.3 Å². The molecule has 4 nitrogen and oxygen atoms in total. The third-order valence-electron chi connectivity index (χ3n) is 3.88. The topological polar surface area (TPSA) is 47.6 Å². The number of benzene rings is 2. The highest BCUT2D eigenvalue weighted by molar-refractivity contribution is 7.12. The first-order valence-electron chi connectivity index (χ1n) is 8.28. The van der Waals surface area contributed by atoms with Gasteiger partial charge < -0.3 is 14.8 Å². The van der Waals surface area contributed by atoms with Crippen molar-refractivity contribution in [2.24, 2.45) is 0 Å². The van der Waals surface area contributed by atoms with Gasteiger partial charge in [0.25, 0.3) is 5.91 Å². The van der Waals surface area contributed by atoms with Crippen LogP contribution in [0.3, 0.4) is 0 Å². The number of aryl methyl sites for hydroxylation is 2. The molecule has 26 heavy (non-hydrogen) atoms. The van der Waals surface area contributed by atoms with Gasteiger partial charge in [0.05, 0.1) is 17.7 Å². The first-order chi connectivity index (χ1) is 12.5. The Morgan fingerprint density at radius 1 is 1.08 bits per heavy atom. The van der Waals surface area contributed by atoms with E-state index in [1.165, 1.54) is 11.3 Å². The lowest BCUT2D eigenvalue weighted by atomic mass is 10.2. The van der Waals surface area contributed by atoms with Crippen LogP contribution in [0, 0.1) is 13.8 Å². The normalized spacial score (nSPS) is 10.4. The zero-order valence-corrected chi connectivity index (χ0v) is 15.9. The van der Waals surface area contributed by atoms with E-state index in [2.05, 4.69) is 5.32 Å². The lowest BCUT2D eigenvalue weighted by molar-refractivity contribution is 0.103. The molecule has 1 amide bonds. The molecular formula is C21H21NO3S. The van der Waals surface area contributed by atoms with Gasteiger partial charge in [-0.1, -0.05) is 18.2 Å².